The second kappa shape index (κ2) is 22.8. The van der Waals surface area contributed by atoms with Gasteiger partial charge in [0, 0.05) is 40.3 Å². The fourth-order valence-corrected chi connectivity index (χ4v) is 17.7. The number of thiophene rings is 2. The SMILES string of the molecule is [2H]c1c([2H])c([2H])c2c(-c3ccc(-c4cc5sc6ccc7ccccc7c6c5c5ccccc45)cc3)c3c([2H])c([2H])c([2H])c([2H])c3c(-c3ccccc3)c2c1[2H].[2H]c1c([2H])c([2H])c2c(-c3cccc4ccccc34)c3c([2H])c([2H])c([2H])c([2H])c3c(-c3ccc(-c4cc5sc6ccc7ccccc7c6c5c5ccccc45)cc3)c2c1[2H]. The number of hydrogen-bond donors (Lipinski definition) is 0. The molecule has 21 aromatic rings. The second-order valence-corrected chi connectivity index (χ2v) is 26.9. The topological polar surface area (TPSA) is 0 Å². The highest BCUT2D eigenvalue weighted by Crippen LogP contribution is 2.51. The van der Waals surface area contributed by atoms with E-state index in [-0.39, 0.29) is 91.4 Å². The summed E-state index contributed by atoms with van der Waals surface area (Å²) in [5.41, 5.74) is 7.70. The Morgan fingerprint density at radius 2 is 0.480 bits per heavy atom. The molecule has 0 nitrogen and oxygen atoms in total. The average molecular weight is 1290 g/mol. The van der Waals surface area contributed by atoms with Gasteiger partial charge in [0.15, 0.2) is 0 Å². The maximum atomic E-state index is 9.39. The van der Waals surface area contributed by atoms with Gasteiger partial charge in [-0.2, -0.15) is 0 Å². The molecule has 0 spiro atoms. The highest BCUT2D eigenvalue weighted by molar-refractivity contribution is 7.26. The molecule has 0 bridgehead atoms. The maximum absolute atomic E-state index is 9.39. The van der Waals surface area contributed by atoms with Crippen LogP contribution >= 0.6 is 22.7 Å². The molecule has 98 heavy (non-hydrogen) atoms. The van der Waals surface area contributed by atoms with Crippen LogP contribution < -0.4 is 0 Å². The van der Waals surface area contributed by atoms with E-state index in [9.17, 15) is 8.22 Å². The van der Waals surface area contributed by atoms with Crippen LogP contribution in [0.3, 0.4) is 0 Å². The first kappa shape index (κ1) is 42.4. The fourth-order valence-electron chi connectivity index (χ4n) is 15.3. The van der Waals surface area contributed by atoms with Crippen molar-refractivity contribution < 1.29 is 21.9 Å². The standard InChI is InChI=1S/C50H30S.C46H28S/c1-3-15-35-31(12-1)14-11-23-38(35)48-42-21-9-7-19-40(42)47(41-20-8-10-22-43(41)48)34-26-24-33(25-27-34)44-30-46-50(39-18-6-5-17-37(39)44)49-36-16-4-2-13-32(36)28-29-45(49)51-46;1-2-13-31(14-3-1)43-36-18-8-10-20-38(36)44(39-21-11-9-19-37(39)43)32-24-22-30(23-25-32)40-28-42-46(35-17-7-6-16-34(35)40)45-33-15-5-4-12-29(33)26-27-41(45)47-42/h1-30H;1-28H/i7D,8D,9D,10D,19D,20D,21D,22D;8D,9D,10D,11D,18D,19D,20D,21D. The van der Waals surface area contributed by atoms with Gasteiger partial charge >= 0.3 is 0 Å². The summed E-state index contributed by atoms with van der Waals surface area (Å²) in [7, 11) is 0. The van der Waals surface area contributed by atoms with E-state index in [4.69, 9.17) is 13.7 Å². The molecule has 0 aliphatic heterocycles. The van der Waals surface area contributed by atoms with Gasteiger partial charge in [-0.1, -0.05) is 327 Å². The van der Waals surface area contributed by atoms with Crippen LogP contribution in [0.5, 0.6) is 0 Å². The van der Waals surface area contributed by atoms with Crippen molar-refractivity contribution in [2.45, 2.75) is 0 Å². The van der Waals surface area contributed by atoms with Crippen molar-refractivity contribution in [2.75, 3.05) is 0 Å². The lowest BCUT2D eigenvalue weighted by Crippen LogP contribution is -1.91. The summed E-state index contributed by atoms with van der Waals surface area (Å²) in [6.45, 7) is 0. The smallest absolute Gasteiger partial charge is 0.0629 e. The lowest BCUT2D eigenvalue weighted by molar-refractivity contribution is 1.64. The minimum atomic E-state index is -0.416. The highest BCUT2D eigenvalue weighted by atomic mass is 32.1. The van der Waals surface area contributed by atoms with Gasteiger partial charge in [0.1, 0.15) is 0 Å². The van der Waals surface area contributed by atoms with Crippen LogP contribution in [0, 0.1) is 0 Å². The lowest BCUT2D eigenvalue weighted by atomic mass is 9.84. The Hall–Kier alpha value is -12.0. The summed E-state index contributed by atoms with van der Waals surface area (Å²) >= 11 is 3.54. The van der Waals surface area contributed by atoms with E-state index in [0.717, 1.165) is 54.6 Å². The molecular formula is C96H58S2. The van der Waals surface area contributed by atoms with Crippen molar-refractivity contribution in [3.63, 3.8) is 0 Å². The van der Waals surface area contributed by atoms with E-state index in [2.05, 4.69) is 127 Å². The van der Waals surface area contributed by atoms with Crippen LogP contribution in [0.15, 0.2) is 351 Å². The molecule has 0 saturated heterocycles. The molecular weight excluding hydrogens is 1220 g/mol. The number of fused-ring (bicyclic) bond motifs is 19. The lowest BCUT2D eigenvalue weighted by Gasteiger charge is -2.19. The molecule has 0 aliphatic carbocycles. The Balaban J connectivity index is 0.000000148. The number of benzene rings is 19. The maximum Gasteiger partial charge on any atom is 0.0629 e. The van der Waals surface area contributed by atoms with Crippen LogP contribution in [0.1, 0.15) is 21.9 Å². The minimum Gasteiger partial charge on any atom is -0.135 e. The van der Waals surface area contributed by atoms with Crippen molar-refractivity contribution in [2.24, 2.45) is 0 Å². The van der Waals surface area contributed by atoms with E-state index in [0.29, 0.717) is 44.5 Å². The number of rotatable bonds is 6. The first-order chi connectivity index (χ1) is 55.3. The van der Waals surface area contributed by atoms with E-state index >= 15 is 0 Å². The highest BCUT2D eigenvalue weighted by Gasteiger charge is 2.22. The van der Waals surface area contributed by atoms with Gasteiger partial charge in [0.25, 0.3) is 0 Å². The molecule has 0 N–H and O–H groups in total. The normalized spacial score (nSPS) is 14.2. The van der Waals surface area contributed by atoms with Crippen LogP contribution in [0.4, 0.5) is 0 Å². The van der Waals surface area contributed by atoms with Crippen LogP contribution in [0.25, 0.3) is 204 Å². The van der Waals surface area contributed by atoms with Crippen molar-refractivity contribution in [1.29, 1.82) is 0 Å². The molecule has 0 aliphatic rings. The van der Waals surface area contributed by atoms with Gasteiger partial charge in [0.05, 0.1) is 21.9 Å². The van der Waals surface area contributed by atoms with Gasteiger partial charge in [-0.25, -0.2) is 0 Å². The summed E-state index contributed by atoms with van der Waals surface area (Å²) in [6, 6.07) is 79.6. The first-order valence-electron chi connectivity index (χ1n) is 40.5. The third-order valence-corrected chi connectivity index (χ3v) is 21.8. The molecule has 2 aromatic heterocycles. The predicted molar refractivity (Wildman–Crippen MR) is 429 cm³/mol. The molecule has 0 atom stereocenters. The van der Waals surface area contributed by atoms with Gasteiger partial charge < -0.3 is 0 Å². The molecule has 0 amide bonds. The third kappa shape index (κ3) is 8.89. The van der Waals surface area contributed by atoms with E-state index < -0.39 is 48.3 Å². The molecule has 2 heterocycles. The summed E-state index contributed by atoms with van der Waals surface area (Å²) < 4.78 is 149. The zero-order chi connectivity index (χ0) is 78.3. The predicted octanol–water partition coefficient (Wildman–Crippen LogP) is 28.5. The molecule has 19 aromatic carbocycles. The van der Waals surface area contributed by atoms with Gasteiger partial charge in [-0.15, -0.1) is 22.7 Å². The van der Waals surface area contributed by atoms with E-state index in [1.165, 1.54) is 61.9 Å². The first-order valence-corrected chi connectivity index (χ1v) is 34.1. The Kier molecular flexibility index (Phi) is 9.88. The monoisotopic (exact) mass is 1290 g/mol. The summed E-state index contributed by atoms with van der Waals surface area (Å²) in [5, 5.41) is 17.6. The van der Waals surface area contributed by atoms with Crippen LogP contribution in [-0.4, -0.2) is 0 Å². The Bertz CT molecular complexity index is 7680. The fraction of sp³-hybridized carbons (Fsp3) is 0. The second-order valence-electron chi connectivity index (χ2n) is 24.8. The van der Waals surface area contributed by atoms with E-state index in [1.54, 1.807) is 46.9 Å². The van der Waals surface area contributed by atoms with Gasteiger partial charge in [0.2, 0.25) is 0 Å². The molecule has 0 fully saturated rings. The van der Waals surface area contributed by atoms with Gasteiger partial charge in [-0.05, 0) is 188 Å². The van der Waals surface area contributed by atoms with Crippen molar-refractivity contribution in [1.82, 2.24) is 0 Å². The van der Waals surface area contributed by atoms with Crippen molar-refractivity contribution in [3.8, 4) is 66.8 Å². The minimum absolute atomic E-state index is 0.202. The summed E-state index contributed by atoms with van der Waals surface area (Å²) in [4.78, 5) is 0. The summed E-state index contributed by atoms with van der Waals surface area (Å²) in [5.74, 6) is 0. The molecule has 454 valence electrons. The van der Waals surface area contributed by atoms with Gasteiger partial charge in [-0.3, -0.25) is 0 Å². The number of hydrogen-bond acceptors (Lipinski definition) is 2. The molecule has 0 radical (unpaired) electrons. The third-order valence-electron chi connectivity index (χ3n) is 19.6. The van der Waals surface area contributed by atoms with E-state index in [1.807, 2.05) is 103 Å². The average Bonchev–Trinajstić information content (AvgIpc) is 1.37. The molecule has 0 saturated carbocycles. The quantitative estimate of drug-likeness (QED) is 0.146. The Labute approximate surface area is 596 Å². The van der Waals surface area contributed by atoms with Crippen LogP contribution in [0.2, 0.25) is 0 Å². The largest absolute Gasteiger partial charge is 0.135 e. The zero-order valence-electron chi connectivity index (χ0n) is 68.1. The van der Waals surface area contributed by atoms with Crippen molar-refractivity contribution in [3.05, 3.63) is 351 Å². The summed E-state index contributed by atoms with van der Waals surface area (Å²) in [6.07, 6.45) is 0. The Morgan fingerprint density at radius 1 is 0.184 bits per heavy atom. The van der Waals surface area contributed by atoms with Crippen LogP contribution in [-0.2, 0) is 0 Å². The zero-order valence-corrected chi connectivity index (χ0v) is 53.7. The molecule has 0 unspecified atom stereocenters. The van der Waals surface area contributed by atoms with Crippen molar-refractivity contribution >= 4 is 160 Å². The molecule has 21 rings (SSSR count). The molecule has 2 heteroatoms. The Morgan fingerprint density at radius 3 is 0.888 bits per heavy atom.